The molecule has 1 aliphatic heterocycles. The summed E-state index contributed by atoms with van der Waals surface area (Å²) in [7, 11) is 1.73. The highest BCUT2D eigenvalue weighted by Crippen LogP contribution is 2.53. The van der Waals surface area contributed by atoms with Crippen LogP contribution in [-0.2, 0) is 0 Å². The third-order valence-electron chi connectivity index (χ3n) is 7.56. The molecule has 3 aromatic carbocycles. The van der Waals surface area contributed by atoms with Crippen LogP contribution in [0.4, 0.5) is 0 Å². The molecule has 7 heteroatoms. The van der Waals surface area contributed by atoms with Crippen LogP contribution in [0.3, 0.4) is 0 Å². The minimum Gasteiger partial charge on any atom is -0.461 e. The summed E-state index contributed by atoms with van der Waals surface area (Å²) in [6, 6.07) is 24.2. The fraction of sp³-hybridized carbons (Fsp3) is 0.167. The molecule has 2 aliphatic rings. The lowest BCUT2D eigenvalue weighted by Gasteiger charge is -2.33. The van der Waals surface area contributed by atoms with Gasteiger partial charge in [-0.1, -0.05) is 47.5 Å². The number of likely N-dealkylation sites (N-methyl/N-ethyl adjacent to an activating group) is 1. The fourth-order valence-corrected chi connectivity index (χ4v) is 6.10. The van der Waals surface area contributed by atoms with E-state index in [2.05, 4.69) is 0 Å². The van der Waals surface area contributed by atoms with E-state index in [1.54, 1.807) is 84.7 Å². The van der Waals surface area contributed by atoms with Gasteiger partial charge in [-0.05, 0) is 67.7 Å². The van der Waals surface area contributed by atoms with E-state index in [-0.39, 0.29) is 23.9 Å². The zero-order valence-electron chi connectivity index (χ0n) is 19.8. The lowest BCUT2D eigenvalue weighted by molar-refractivity contribution is 0.0594. The summed E-state index contributed by atoms with van der Waals surface area (Å²) in [4.78, 5) is 43.7. The fourth-order valence-electron chi connectivity index (χ4n) is 5.85. The van der Waals surface area contributed by atoms with Gasteiger partial charge in [-0.15, -0.1) is 0 Å². The van der Waals surface area contributed by atoms with Crippen LogP contribution >= 0.6 is 23.2 Å². The molecule has 1 aromatic heterocycles. The molecule has 184 valence electrons. The van der Waals surface area contributed by atoms with Crippen molar-refractivity contribution in [2.45, 2.75) is 11.5 Å². The van der Waals surface area contributed by atoms with Gasteiger partial charge in [-0.25, -0.2) is 0 Å². The van der Waals surface area contributed by atoms with Gasteiger partial charge >= 0.3 is 0 Å². The summed E-state index contributed by atoms with van der Waals surface area (Å²) in [5, 5.41) is 1.11. The first-order valence-corrected chi connectivity index (χ1v) is 12.6. The van der Waals surface area contributed by atoms with E-state index < -0.39 is 17.4 Å². The number of hydrogen-bond acceptors (Lipinski definition) is 5. The highest BCUT2D eigenvalue weighted by atomic mass is 35.5. The van der Waals surface area contributed by atoms with E-state index in [9.17, 15) is 14.4 Å². The molecule has 0 N–H and O–H groups in total. The third-order valence-corrected chi connectivity index (χ3v) is 8.07. The van der Waals surface area contributed by atoms with Gasteiger partial charge in [0.25, 0.3) is 0 Å². The quantitative estimate of drug-likeness (QED) is 0.220. The Hall–Kier alpha value is -3.51. The SMILES string of the molecule is CN1C[C@H](C(=O)c2ccc(Cl)cc2)[C@@H](c2ccc(-c3ccc(Cl)cc3)o2)C12C(=O)c1ccccc1C2=O. The van der Waals surface area contributed by atoms with Crippen LogP contribution in [0.25, 0.3) is 11.3 Å². The van der Waals surface area contributed by atoms with Crippen LogP contribution in [-0.4, -0.2) is 41.4 Å². The summed E-state index contributed by atoms with van der Waals surface area (Å²) in [5.41, 5.74) is 0.418. The summed E-state index contributed by atoms with van der Waals surface area (Å²) >= 11 is 12.1. The van der Waals surface area contributed by atoms with Gasteiger partial charge in [-0.3, -0.25) is 19.3 Å². The van der Waals surface area contributed by atoms with Crippen molar-refractivity contribution >= 4 is 40.6 Å². The van der Waals surface area contributed by atoms with Crippen LogP contribution in [0.1, 0.15) is 42.8 Å². The van der Waals surface area contributed by atoms with Crippen molar-refractivity contribution in [2.75, 3.05) is 13.6 Å². The van der Waals surface area contributed by atoms with Gasteiger partial charge in [-0.2, -0.15) is 0 Å². The van der Waals surface area contributed by atoms with E-state index in [0.29, 0.717) is 38.3 Å². The minimum atomic E-state index is -1.58. The maximum atomic E-state index is 14.0. The van der Waals surface area contributed by atoms with E-state index in [4.69, 9.17) is 27.6 Å². The molecule has 0 bridgehead atoms. The van der Waals surface area contributed by atoms with E-state index in [0.717, 1.165) is 5.56 Å². The van der Waals surface area contributed by atoms with Gasteiger partial charge in [0, 0.05) is 44.8 Å². The van der Waals surface area contributed by atoms with Crippen LogP contribution in [0.2, 0.25) is 10.0 Å². The Morgan fingerprint density at radius 2 is 1.41 bits per heavy atom. The number of halogens is 2. The van der Waals surface area contributed by atoms with Crippen molar-refractivity contribution in [1.29, 1.82) is 0 Å². The number of ketones is 3. The largest absolute Gasteiger partial charge is 0.461 e. The summed E-state index contributed by atoms with van der Waals surface area (Å²) in [6.07, 6.45) is 0. The molecular weight excluding hydrogens is 509 g/mol. The molecule has 0 saturated carbocycles. The summed E-state index contributed by atoms with van der Waals surface area (Å²) in [5.74, 6) is -1.34. The van der Waals surface area contributed by atoms with E-state index in [1.807, 2.05) is 12.1 Å². The van der Waals surface area contributed by atoms with Gasteiger partial charge in [0.05, 0.1) is 5.92 Å². The Kier molecular flexibility index (Phi) is 5.68. The Morgan fingerprint density at radius 1 is 0.838 bits per heavy atom. The molecule has 2 atom stereocenters. The smallest absolute Gasteiger partial charge is 0.192 e. The normalized spacial score (nSPS) is 20.5. The second-order valence-electron chi connectivity index (χ2n) is 9.51. The topological polar surface area (TPSA) is 67.6 Å². The first-order chi connectivity index (χ1) is 17.8. The molecule has 0 amide bonds. The van der Waals surface area contributed by atoms with Crippen LogP contribution in [0.5, 0.6) is 0 Å². The first-order valence-electron chi connectivity index (χ1n) is 11.9. The number of hydrogen-bond donors (Lipinski definition) is 0. The van der Waals surface area contributed by atoms with Crippen molar-refractivity contribution < 1.29 is 18.8 Å². The zero-order chi connectivity index (χ0) is 25.9. The predicted octanol–water partition coefficient (Wildman–Crippen LogP) is 6.60. The number of benzene rings is 3. The number of fused-ring (bicyclic) bond motifs is 1. The minimum absolute atomic E-state index is 0.175. The Morgan fingerprint density at radius 3 is 2.00 bits per heavy atom. The molecular formula is C30H21Cl2NO4. The van der Waals surface area contributed by atoms with Crippen LogP contribution in [0.15, 0.2) is 89.3 Å². The number of likely N-dealkylation sites (tertiary alicyclic amines) is 1. The molecule has 1 aliphatic carbocycles. The van der Waals surface area contributed by atoms with Crippen molar-refractivity contribution in [2.24, 2.45) is 5.92 Å². The number of Topliss-reactive ketones (excluding diaryl/α,β-unsaturated/α-hetero) is 3. The molecule has 1 spiro atoms. The Balaban J connectivity index is 1.51. The number of carbonyl (C=O) groups excluding carboxylic acids is 3. The summed E-state index contributed by atoms with van der Waals surface area (Å²) in [6.45, 7) is 0.217. The Bertz CT molecular complexity index is 1520. The number of rotatable bonds is 4. The number of carbonyl (C=O) groups is 3. The molecule has 1 fully saturated rings. The van der Waals surface area contributed by atoms with E-state index >= 15 is 0 Å². The predicted molar refractivity (Wildman–Crippen MR) is 142 cm³/mol. The van der Waals surface area contributed by atoms with Gasteiger partial charge in [0.1, 0.15) is 11.5 Å². The van der Waals surface area contributed by atoms with Crippen molar-refractivity contribution in [1.82, 2.24) is 4.90 Å². The lowest BCUT2D eigenvalue weighted by Crippen LogP contribution is -2.54. The average Bonchev–Trinajstić information content (AvgIpc) is 3.56. The molecule has 6 rings (SSSR count). The average molecular weight is 530 g/mol. The van der Waals surface area contributed by atoms with Gasteiger partial charge in [0.15, 0.2) is 22.9 Å². The maximum Gasteiger partial charge on any atom is 0.192 e. The van der Waals surface area contributed by atoms with Gasteiger partial charge < -0.3 is 4.42 Å². The lowest BCUT2D eigenvalue weighted by atomic mass is 9.73. The van der Waals surface area contributed by atoms with Crippen LogP contribution < -0.4 is 0 Å². The van der Waals surface area contributed by atoms with Crippen molar-refractivity contribution in [3.05, 3.63) is 117 Å². The van der Waals surface area contributed by atoms with Crippen molar-refractivity contribution in [3.8, 4) is 11.3 Å². The maximum absolute atomic E-state index is 14.0. The highest BCUT2D eigenvalue weighted by molar-refractivity contribution is 6.34. The third kappa shape index (κ3) is 3.53. The number of nitrogens with zero attached hydrogens (tertiary/aromatic N) is 1. The molecule has 1 saturated heterocycles. The van der Waals surface area contributed by atoms with Crippen molar-refractivity contribution in [3.63, 3.8) is 0 Å². The Labute approximate surface area is 223 Å². The standard InChI is InChI=1S/C30H21Cl2NO4/c1-33-16-23(27(34)18-8-12-20(32)13-9-18)26(25-15-14-24(37-25)17-6-10-19(31)11-7-17)30(33)28(35)21-4-2-3-5-22(21)29(30)36/h2-15,23,26H,16H2,1H3/t23-,26-/m0/s1. The van der Waals surface area contributed by atoms with Crippen LogP contribution in [0, 0.1) is 5.92 Å². The molecule has 0 unspecified atom stereocenters. The molecule has 37 heavy (non-hydrogen) atoms. The molecule has 5 nitrogen and oxygen atoms in total. The molecule has 2 heterocycles. The second-order valence-corrected chi connectivity index (χ2v) is 10.4. The first kappa shape index (κ1) is 23.9. The highest BCUT2D eigenvalue weighted by Gasteiger charge is 2.68. The second kappa shape index (κ2) is 8.80. The summed E-state index contributed by atoms with van der Waals surface area (Å²) < 4.78 is 6.31. The zero-order valence-corrected chi connectivity index (χ0v) is 21.3. The number of furan rings is 1. The molecule has 4 aromatic rings. The molecule has 0 radical (unpaired) electrons. The monoisotopic (exact) mass is 529 g/mol. The van der Waals surface area contributed by atoms with E-state index in [1.165, 1.54) is 0 Å². The van der Waals surface area contributed by atoms with Gasteiger partial charge in [0.2, 0.25) is 0 Å².